The largest absolute Gasteiger partial charge is 0.334 e. The second-order valence-corrected chi connectivity index (χ2v) is 7.20. The van der Waals surface area contributed by atoms with Crippen LogP contribution in [0.5, 0.6) is 0 Å². The first-order chi connectivity index (χ1) is 11.9. The first-order valence-electron chi connectivity index (χ1n) is 8.40. The van der Waals surface area contributed by atoms with E-state index in [-0.39, 0.29) is 5.91 Å². The van der Waals surface area contributed by atoms with E-state index in [0.717, 1.165) is 28.1 Å². The van der Waals surface area contributed by atoms with Gasteiger partial charge in [0.05, 0.1) is 5.56 Å². The van der Waals surface area contributed by atoms with Crippen molar-refractivity contribution in [1.82, 2.24) is 15.3 Å². The molecule has 1 aromatic rings. The number of rotatable bonds is 2. The van der Waals surface area contributed by atoms with Crippen molar-refractivity contribution in [2.45, 2.75) is 27.2 Å². The van der Waals surface area contributed by atoms with Crippen LogP contribution in [0.4, 0.5) is 0 Å². The molecule has 5 nitrogen and oxygen atoms in total. The normalized spacial score (nSPS) is 21.1. The number of allylic oxidation sites excluding steroid dienone is 2. The van der Waals surface area contributed by atoms with Crippen LogP contribution in [0.2, 0.25) is 0 Å². The number of nitrogens with zero attached hydrogens (tertiary/aromatic N) is 3. The topological polar surface area (TPSA) is 47.9 Å². The average molecular weight is 403 g/mol. The monoisotopic (exact) mass is 402 g/mol. The van der Waals surface area contributed by atoms with E-state index in [9.17, 15) is 4.79 Å². The number of hydrogen-bond acceptors (Lipinski definition) is 4. The summed E-state index contributed by atoms with van der Waals surface area (Å²) >= 11 is 3.47. The van der Waals surface area contributed by atoms with Crippen LogP contribution in [0.15, 0.2) is 56.4 Å². The minimum atomic E-state index is 0.0547. The van der Waals surface area contributed by atoms with Crippen LogP contribution < -0.4 is 5.43 Å². The van der Waals surface area contributed by atoms with Gasteiger partial charge in [-0.3, -0.25) is 9.80 Å². The Morgan fingerprint density at radius 3 is 2.64 bits per heavy atom. The van der Waals surface area contributed by atoms with Gasteiger partial charge in [-0.1, -0.05) is 12.1 Å². The van der Waals surface area contributed by atoms with Gasteiger partial charge >= 0.3 is 0 Å². The van der Waals surface area contributed by atoms with Crippen molar-refractivity contribution in [2.75, 3.05) is 20.1 Å². The van der Waals surface area contributed by atoms with Gasteiger partial charge in [0.25, 0.3) is 5.91 Å². The molecule has 0 bridgehead atoms. The molecule has 2 heterocycles. The Morgan fingerprint density at radius 1 is 1.24 bits per heavy atom. The second kappa shape index (κ2) is 7.14. The van der Waals surface area contributed by atoms with E-state index in [4.69, 9.17) is 4.99 Å². The quantitative estimate of drug-likeness (QED) is 0.819. The molecule has 1 saturated heterocycles. The minimum Gasteiger partial charge on any atom is -0.334 e. The lowest BCUT2D eigenvalue weighted by molar-refractivity contribution is 0.0795. The highest BCUT2D eigenvalue weighted by Crippen LogP contribution is 2.30. The maximum absolute atomic E-state index is 12.8. The number of aliphatic imine (C=N–C) groups is 1. The number of carbonyl (C=O) groups excluding carboxylic acids is 1. The Morgan fingerprint density at radius 2 is 1.96 bits per heavy atom. The summed E-state index contributed by atoms with van der Waals surface area (Å²) in [6, 6.07) is 7.57. The molecule has 0 aliphatic carbocycles. The molecule has 0 spiro atoms. The van der Waals surface area contributed by atoms with Gasteiger partial charge < -0.3 is 4.90 Å². The van der Waals surface area contributed by atoms with Crippen molar-refractivity contribution in [1.29, 1.82) is 0 Å². The highest BCUT2D eigenvalue weighted by molar-refractivity contribution is 9.10. The molecular weight excluding hydrogens is 380 g/mol. The third kappa shape index (κ3) is 3.28. The third-order valence-electron chi connectivity index (χ3n) is 4.90. The summed E-state index contributed by atoms with van der Waals surface area (Å²) in [6.45, 7) is 7.52. The summed E-state index contributed by atoms with van der Waals surface area (Å²) < 4.78 is 0.832. The number of halogens is 1. The fraction of sp³-hybridized carbons (Fsp3) is 0.368. The third-order valence-corrected chi connectivity index (χ3v) is 5.59. The number of amides is 1. The zero-order valence-electron chi connectivity index (χ0n) is 15.1. The zero-order chi connectivity index (χ0) is 18.1. The van der Waals surface area contributed by atoms with Crippen molar-refractivity contribution in [3.63, 3.8) is 0 Å². The molecule has 1 fully saturated rings. The molecule has 0 radical (unpaired) electrons. The van der Waals surface area contributed by atoms with E-state index in [2.05, 4.69) is 35.2 Å². The van der Waals surface area contributed by atoms with Crippen molar-refractivity contribution < 1.29 is 4.79 Å². The molecule has 132 valence electrons. The molecule has 3 rings (SSSR count). The molecule has 0 aromatic heterocycles. The number of nitrogens with one attached hydrogen (secondary N) is 1. The Bertz CT molecular complexity index is 809. The van der Waals surface area contributed by atoms with Crippen molar-refractivity contribution in [3.8, 4) is 0 Å². The number of benzene rings is 1. The van der Waals surface area contributed by atoms with Gasteiger partial charge in [0.1, 0.15) is 5.82 Å². The first-order valence-corrected chi connectivity index (χ1v) is 9.19. The van der Waals surface area contributed by atoms with E-state index in [1.165, 1.54) is 11.1 Å². The predicted molar refractivity (Wildman–Crippen MR) is 104 cm³/mol. The maximum atomic E-state index is 12.8. The lowest BCUT2D eigenvalue weighted by Gasteiger charge is -2.31. The molecule has 2 aliphatic heterocycles. The van der Waals surface area contributed by atoms with Crippen molar-refractivity contribution in [3.05, 3.63) is 57.0 Å². The van der Waals surface area contributed by atoms with Crippen molar-refractivity contribution >= 4 is 27.5 Å². The summed E-state index contributed by atoms with van der Waals surface area (Å²) in [4.78, 5) is 19.5. The van der Waals surface area contributed by atoms with E-state index in [1.54, 1.807) is 0 Å². The van der Waals surface area contributed by atoms with Gasteiger partial charge in [-0.25, -0.2) is 10.4 Å². The SMILES string of the molecule is CNN1C(C)=C(C)C(C)=N/C1=C1/CCN(C(=O)c2ccccc2Br)C1. The lowest BCUT2D eigenvalue weighted by atomic mass is 10.1. The number of likely N-dealkylation sites (tertiary alicyclic amines) is 1. The summed E-state index contributed by atoms with van der Waals surface area (Å²) in [5, 5.41) is 2.02. The second-order valence-electron chi connectivity index (χ2n) is 6.35. The number of carbonyl (C=O) groups is 1. The van der Waals surface area contributed by atoms with E-state index in [0.29, 0.717) is 18.7 Å². The fourth-order valence-electron chi connectivity index (χ4n) is 3.21. The molecule has 0 saturated carbocycles. The molecule has 2 aliphatic rings. The molecule has 1 aromatic carbocycles. The Kier molecular flexibility index (Phi) is 5.11. The van der Waals surface area contributed by atoms with E-state index < -0.39 is 0 Å². The van der Waals surface area contributed by atoms with Gasteiger partial charge in [-0.15, -0.1) is 0 Å². The van der Waals surface area contributed by atoms with Crippen LogP contribution >= 0.6 is 15.9 Å². The van der Waals surface area contributed by atoms with Crippen LogP contribution in [0.3, 0.4) is 0 Å². The highest BCUT2D eigenvalue weighted by atomic mass is 79.9. The molecule has 0 atom stereocenters. The Balaban J connectivity index is 1.88. The first kappa shape index (κ1) is 17.9. The molecule has 6 heteroatoms. The molecule has 1 N–H and O–H groups in total. The zero-order valence-corrected chi connectivity index (χ0v) is 16.6. The smallest absolute Gasteiger partial charge is 0.255 e. The number of hydrogen-bond donors (Lipinski definition) is 1. The van der Waals surface area contributed by atoms with Crippen LogP contribution in [0.25, 0.3) is 0 Å². The fourth-order valence-corrected chi connectivity index (χ4v) is 3.67. The Labute approximate surface area is 157 Å². The Hall–Kier alpha value is -1.92. The van der Waals surface area contributed by atoms with Crippen LogP contribution in [-0.4, -0.2) is 41.7 Å². The minimum absolute atomic E-state index is 0.0547. The van der Waals surface area contributed by atoms with Crippen LogP contribution in [0, 0.1) is 0 Å². The molecule has 1 amide bonds. The van der Waals surface area contributed by atoms with Gasteiger partial charge in [-0.2, -0.15) is 0 Å². The van der Waals surface area contributed by atoms with E-state index >= 15 is 0 Å². The van der Waals surface area contributed by atoms with Gasteiger partial charge in [-0.05, 0) is 66.4 Å². The molecule has 0 unspecified atom stereocenters. The highest BCUT2D eigenvalue weighted by Gasteiger charge is 2.29. The number of hydrazine groups is 1. The summed E-state index contributed by atoms with van der Waals surface area (Å²) in [5.41, 5.74) is 8.46. The van der Waals surface area contributed by atoms with Gasteiger partial charge in [0.15, 0.2) is 0 Å². The summed E-state index contributed by atoms with van der Waals surface area (Å²) in [5.74, 6) is 0.976. The maximum Gasteiger partial charge on any atom is 0.255 e. The van der Waals surface area contributed by atoms with Gasteiger partial charge in [0.2, 0.25) is 0 Å². The van der Waals surface area contributed by atoms with Crippen molar-refractivity contribution in [2.24, 2.45) is 4.99 Å². The van der Waals surface area contributed by atoms with Crippen LogP contribution in [0.1, 0.15) is 37.6 Å². The average Bonchev–Trinajstić information content (AvgIpc) is 3.09. The summed E-state index contributed by atoms with van der Waals surface area (Å²) in [7, 11) is 1.90. The predicted octanol–water partition coefficient (Wildman–Crippen LogP) is 3.71. The van der Waals surface area contributed by atoms with Gasteiger partial charge in [0, 0.05) is 36.0 Å². The molecule has 25 heavy (non-hydrogen) atoms. The lowest BCUT2D eigenvalue weighted by Crippen LogP contribution is -2.37. The van der Waals surface area contributed by atoms with Crippen LogP contribution in [-0.2, 0) is 0 Å². The molecular formula is C19H23BrN4O. The summed E-state index contributed by atoms with van der Waals surface area (Å²) in [6.07, 6.45) is 0.840. The standard InChI is InChI=1S/C19H23BrN4O/c1-12-13(2)22-18(24(21-4)14(12)3)15-9-10-23(11-15)19(25)16-7-5-6-8-17(16)20/h5-8,21H,9-11H2,1-4H3/b18-15+. The van der Waals surface area contributed by atoms with E-state index in [1.807, 2.05) is 48.1 Å².